The van der Waals surface area contributed by atoms with E-state index in [0.29, 0.717) is 5.92 Å². The van der Waals surface area contributed by atoms with Crippen LogP contribution in [0.2, 0.25) is 0 Å². The van der Waals surface area contributed by atoms with Gasteiger partial charge in [0.1, 0.15) is 12.1 Å². The van der Waals surface area contributed by atoms with E-state index in [1.165, 1.54) is 0 Å². The molecule has 110 valence electrons. The van der Waals surface area contributed by atoms with E-state index >= 15 is 0 Å². The van der Waals surface area contributed by atoms with Gasteiger partial charge < -0.3 is 15.6 Å². The second-order valence-electron chi connectivity index (χ2n) is 6.51. The molecule has 0 aromatic heterocycles. The molecule has 5 heteroatoms. The number of carboxylic acid groups (broad SMARTS) is 1. The fourth-order valence-corrected chi connectivity index (χ4v) is 3.00. The predicted octanol–water partition coefficient (Wildman–Crippen LogP) is 1.94. The lowest BCUT2D eigenvalue weighted by Gasteiger charge is -2.38. The van der Waals surface area contributed by atoms with Gasteiger partial charge in [-0.15, -0.1) is 0 Å². The average Bonchev–Trinajstić information content (AvgIpc) is 2.22. The van der Waals surface area contributed by atoms with Gasteiger partial charge in [0.25, 0.3) is 0 Å². The SMILES string of the molecule is CC1CC(OC(=O)[C@@H](N)CCC(=O)O)CC(C)(C)C1. The van der Waals surface area contributed by atoms with Gasteiger partial charge in [0.15, 0.2) is 0 Å². The molecule has 0 aromatic rings. The molecule has 0 amide bonds. The molecule has 0 saturated heterocycles. The van der Waals surface area contributed by atoms with Gasteiger partial charge in [0.05, 0.1) is 0 Å². The number of carboxylic acids is 1. The van der Waals surface area contributed by atoms with Gasteiger partial charge in [-0.25, -0.2) is 0 Å². The zero-order chi connectivity index (χ0) is 14.6. The first kappa shape index (κ1) is 16.0. The maximum atomic E-state index is 11.8. The number of hydrogen-bond donors (Lipinski definition) is 2. The highest BCUT2D eigenvalue weighted by Gasteiger charge is 2.34. The highest BCUT2D eigenvalue weighted by atomic mass is 16.5. The summed E-state index contributed by atoms with van der Waals surface area (Å²) in [6.07, 6.45) is 2.76. The Labute approximate surface area is 114 Å². The smallest absolute Gasteiger partial charge is 0.323 e. The van der Waals surface area contributed by atoms with Crippen LogP contribution in [0.1, 0.15) is 52.9 Å². The Morgan fingerprint density at radius 3 is 2.58 bits per heavy atom. The molecule has 0 heterocycles. The zero-order valence-corrected chi connectivity index (χ0v) is 12.0. The third kappa shape index (κ3) is 5.59. The molecular formula is C14H25NO4. The lowest BCUT2D eigenvalue weighted by molar-refractivity contribution is -0.155. The van der Waals surface area contributed by atoms with Crippen LogP contribution in [-0.4, -0.2) is 29.2 Å². The van der Waals surface area contributed by atoms with Crippen molar-refractivity contribution in [1.29, 1.82) is 0 Å². The van der Waals surface area contributed by atoms with Crippen molar-refractivity contribution in [2.24, 2.45) is 17.1 Å². The molecule has 0 radical (unpaired) electrons. The van der Waals surface area contributed by atoms with Crippen LogP contribution >= 0.6 is 0 Å². The molecular weight excluding hydrogens is 246 g/mol. The highest BCUT2D eigenvalue weighted by molar-refractivity contribution is 5.76. The summed E-state index contributed by atoms with van der Waals surface area (Å²) in [5.74, 6) is -0.899. The molecule has 1 aliphatic rings. The summed E-state index contributed by atoms with van der Waals surface area (Å²) in [4.78, 5) is 22.2. The van der Waals surface area contributed by atoms with Crippen LogP contribution in [0, 0.1) is 11.3 Å². The lowest BCUT2D eigenvalue weighted by atomic mass is 9.71. The fourth-order valence-electron chi connectivity index (χ4n) is 3.00. The van der Waals surface area contributed by atoms with E-state index in [9.17, 15) is 9.59 Å². The summed E-state index contributed by atoms with van der Waals surface area (Å²) in [6, 6.07) is -0.837. The van der Waals surface area contributed by atoms with E-state index in [2.05, 4.69) is 20.8 Å². The number of nitrogens with two attached hydrogens (primary N) is 1. The average molecular weight is 271 g/mol. The molecule has 3 N–H and O–H groups in total. The van der Waals surface area contributed by atoms with Gasteiger partial charge in [0, 0.05) is 6.42 Å². The van der Waals surface area contributed by atoms with Gasteiger partial charge in [-0.3, -0.25) is 9.59 Å². The van der Waals surface area contributed by atoms with E-state index in [4.69, 9.17) is 15.6 Å². The first-order valence-corrected chi connectivity index (χ1v) is 6.87. The van der Waals surface area contributed by atoms with Crippen molar-refractivity contribution >= 4 is 11.9 Å². The van der Waals surface area contributed by atoms with Crippen molar-refractivity contribution in [2.45, 2.75) is 65.0 Å². The molecule has 0 aliphatic heterocycles. The van der Waals surface area contributed by atoms with Gasteiger partial charge in [-0.05, 0) is 37.0 Å². The summed E-state index contributed by atoms with van der Waals surface area (Å²) >= 11 is 0. The Kier molecular flexibility index (Phi) is 5.35. The standard InChI is InChI=1S/C14H25NO4/c1-9-6-10(8-14(2,3)7-9)19-13(18)11(15)4-5-12(16)17/h9-11H,4-8,15H2,1-3H3,(H,16,17)/t9?,10?,11-/m0/s1. The third-order valence-electron chi connectivity index (χ3n) is 3.60. The molecule has 2 unspecified atom stereocenters. The maximum Gasteiger partial charge on any atom is 0.323 e. The molecule has 3 atom stereocenters. The first-order chi connectivity index (χ1) is 8.69. The Morgan fingerprint density at radius 1 is 1.42 bits per heavy atom. The Balaban J connectivity index is 2.45. The summed E-state index contributed by atoms with van der Waals surface area (Å²) in [6.45, 7) is 6.51. The lowest BCUT2D eigenvalue weighted by Crippen LogP contribution is -2.39. The molecule has 0 bridgehead atoms. The van der Waals surface area contributed by atoms with E-state index < -0.39 is 18.0 Å². The minimum Gasteiger partial charge on any atom is -0.481 e. The number of carbonyl (C=O) groups excluding carboxylic acids is 1. The van der Waals surface area contributed by atoms with Gasteiger partial charge in [0.2, 0.25) is 0 Å². The van der Waals surface area contributed by atoms with Crippen molar-refractivity contribution in [2.75, 3.05) is 0 Å². The van der Waals surface area contributed by atoms with E-state index in [0.717, 1.165) is 19.3 Å². The van der Waals surface area contributed by atoms with Crippen molar-refractivity contribution in [1.82, 2.24) is 0 Å². The van der Waals surface area contributed by atoms with E-state index in [1.807, 2.05) is 0 Å². The van der Waals surface area contributed by atoms with E-state index in [1.54, 1.807) is 0 Å². The summed E-state index contributed by atoms with van der Waals surface area (Å²) in [5, 5.41) is 8.56. The molecule has 1 aliphatic carbocycles. The van der Waals surface area contributed by atoms with Crippen LogP contribution in [0.15, 0.2) is 0 Å². The highest BCUT2D eigenvalue weighted by Crippen LogP contribution is 2.39. The molecule has 1 rings (SSSR count). The number of hydrogen-bond acceptors (Lipinski definition) is 4. The number of rotatable bonds is 5. The molecule has 19 heavy (non-hydrogen) atoms. The van der Waals surface area contributed by atoms with Gasteiger partial charge >= 0.3 is 11.9 Å². The molecule has 5 nitrogen and oxygen atoms in total. The largest absolute Gasteiger partial charge is 0.481 e. The van der Waals surface area contributed by atoms with Gasteiger partial charge in [-0.1, -0.05) is 20.8 Å². The minimum absolute atomic E-state index is 0.0953. The third-order valence-corrected chi connectivity index (χ3v) is 3.60. The summed E-state index contributed by atoms with van der Waals surface area (Å²) in [5.41, 5.74) is 5.82. The molecule has 1 fully saturated rings. The second-order valence-corrected chi connectivity index (χ2v) is 6.51. The van der Waals surface area contributed by atoms with Crippen LogP contribution in [0.5, 0.6) is 0 Å². The Bertz CT molecular complexity index is 340. The van der Waals surface area contributed by atoms with Crippen LogP contribution in [0.25, 0.3) is 0 Å². The van der Waals surface area contributed by atoms with E-state index in [-0.39, 0.29) is 24.4 Å². The number of ether oxygens (including phenoxy) is 1. The van der Waals surface area contributed by atoms with Crippen LogP contribution in [0.3, 0.4) is 0 Å². The van der Waals surface area contributed by atoms with Crippen LogP contribution < -0.4 is 5.73 Å². The summed E-state index contributed by atoms with van der Waals surface area (Å²) < 4.78 is 5.43. The van der Waals surface area contributed by atoms with Crippen molar-refractivity contribution in [3.05, 3.63) is 0 Å². The number of esters is 1. The minimum atomic E-state index is -0.948. The number of aliphatic carboxylic acids is 1. The van der Waals surface area contributed by atoms with Gasteiger partial charge in [-0.2, -0.15) is 0 Å². The monoisotopic (exact) mass is 271 g/mol. The number of carbonyl (C=O) groups is 2. The first-order valence-electron chi connectivity index (χ1n) is 6.87. The predicted molar refractivity (Wildman–Crippen MR) is 71.5 cm³/mol. The Morgan fingerprint density at radius 2 is 2.05 bits per heavy atom. The molecule has 0 aromatic carbocycles. The van der Waals surface area contributed by atoms with Crippen LogP contribution in [-0.2, 0) is 14.3 Å². The fraction of sp³-hybridized carbons (Fsp3) is 0.857. The normalized spacial score (nSPS) is 27.6. The van der Waals surface area contributed by atoms with Crippen LogP contribution in [0.4, 0.5) is 0 Å². The zero-order valence-electron chi connectivity index (χ0n) is 12.0. The second kappa shape index (κ2) is 6.37. The quantitative estimate of drug-likeness (QED) is 0.746. The maximum absolute atomic E-state index is 11.8. The Hall–Kier alpha value is -1.10. The topological polar surface area (TPSA) is 89.6 Å². The molecule has 0 spiro atoms. The van der Waals surface area contributed by atoms with Crippen molar-refractivity contribution in [3.63, 3.8) is 0 Å². The van der Waals surface area contributed by atoms with Crippen molar-refractivity contribution < 1.29 is 19.4 Å². The summed E-state index contributed by atoms with van der Waals surface area (Å²) in [7, 11) is 0. The van der Waals surface area contributed by atoms with Crippen molar-refractivity contribution in [3.8, 4) is 0 Å². The molecule has 1 saturated carbocycles.